The van der Waals surface area contributed by atoms with Crippen LogP contribution in [0.5, 0.6) is 0 Å². The topological polar surface area (TPSA) is 26.2 Å². The van der Waals surface area contributed by atoms with Gasteiger partial charge >= 0.3 is 0 Å². The third-order valence-electron chi connectivity index (χ3n) is 3.20. The Morgan fingerprint density at radius 3 is 3.05 bits per heavy atom. The van der Waals surface area contributed by atoms with Gasteiger partial charge in [-0.15, -0.1) is 12.3 Å². The van der Waals surface area contributed by atoms with E-state index in [-0.39, 0.29) is 0 Å². The average molecular weight is 256 g/mol. The van der Waals surface area contributed by atoms with Crippen molar-refractivity contribution >= 4 is 10.9 Å². The van der Waals surface area contributed by atoms with Gasteiger partial charge in [0.1, 0.15) is 0 Å². The molecule has 2 aromatic rings. The molecule has 0 amide bonds. The number of ether oxygens (including phenoxy) is 1. The van der Waals surface area contributed by atoms with Gasteiger partial charge in [-0.2, -0.15) is 0 Å². The summed E-state index contributed by atoms with van der Waals surface area (Å²) >= 11 is 0. The molecule has 1 aromatic heterocycles. The lowest BCUT2D eigenvalue weighted by Crippen LogP contribution is -2.18. The number of fused-ring (bicyclic) bond motifs is 1. The zero-order chi connectivity index (χ0) is 13.5. The lowest BCUT2D eigenvalue weighted by molar-refractivity contribution is 0.199. The SMILES string of the molecule is C#CCCn1ccc2c(CNCCOC)cccc21. The predicted molar refractivity (Wildman–Crippen MR) is 79.0 cm³/mol. The van der Waals surface area contributed by atoms with Crippen molar-refractivity contribution in [1.82, 2.24) is 9.88 Å². The molecule has 3 heteroatoms. The molecule has 0 spiro atoms. The van der Waals surface area contributed by atoms with Crippen molar-refractivity contribution in [2.45, 2.75) is 19.5 Å². The van der Waals surface area contributed by atoms with Crippen LogP contribution in [0.4, 0.5) is 0 Å². The van der Waals surface area contributed by atoms with Crippen LogP contribution in [0.2, 0.25) is 0 Å². The fraction of sp³-hybridized carbons (Fsp3) is 0.375. The van der Waals surface area contributed by atoms with Gasteiger partial charge in [-0.3, -0.25) is 0 Å². The first kappa shape index (κ1) is 13.7. The molecular formula is C16H20N2O. The Kier molecular flexibility index (Phi) is 5.02. The van der Waals surface area contributed by atoms with E-state index >= 15 is 0 Å². The molecule has 0 saturated heterocycles. The highest BCUT2D eigenvalue weighted by molar-refractivity contribution is 5.83. The summed E-state index contributed by atoms with van der Waals surface area (Å²) in [5.74, 6) is 2.69. The lowest BCUT2D eigenvalue weighted by atomic mass is 10.1. The largest absolute Gasteiger partial charge is 0.383 e. The molecule has 0 aliphatic rings. The molecule has 0 bridgehead atoms. The third-order valence-corrected chi connectivity index (χ3v) is 3.20. The number of aromatic nitrogens is 1. The summed E-state index contributed by atoms with van der Waals surface area (Å²) < 4.78 is 7.25. The molecule has 0 aliphatic carbocycles. The minimum Gasteiger partial charge on any atom is -0.383 e. The quantitative estimate of drug-likeness (QED) is 0.608. The number of nitrogens with one attached hydrogen (secondary N) is 1. The summed E-state index contributed by atoms with van der Waals surface area (Å²) in [6, 6.07) is 8.57. The highest BCUT2D eigenvalue weighted by Gasteiger charge is 2.04. The molecule has 1 aromatic carbocycles. The first-order valence-electron chi connectivity index (χ1n) is 6.56. The van der Waals surface area contributed by atoms with E-state index in [4.69, 9.17) is 11.2 Å². The Hall–Kier alpha value is -1.76. The van der Waals surface area contributed by atoms with Gasteiger partial charge in [0.05, 0.1) is 6.61 Å². The monoisotopic (exact) mass is 256 g/mol. The van der Waals surface area contributed by atoms with E-state index in [1.807, 2.05) is 0 Å². The molecular weight excluding hydrogens is 236 g/mol. The van der Waals surface area contributed by atoms with Gasteiger partial charge in [0.15, 0.2) is 0 Å². The van der Waals surface area contributed by atoms with E-state index in [0.717, 1.165) is 32.7 Å². The standard InChI is InChI=1S/C16H20N2O/c1-3-4-10-18-11-8-15-14(6-5-7-16(15)18)13-17-9-12-19-2/h1,5-8,11,17H,4,9-10,12-13H2,2H3. The Balaban J connectivity index is 2.12. The van der Waals surface area contributed by atoms with Crippen molar-refractivity contribution in [3.63, 3.8) is 0 Å². The highest BCUT2D eigenvalue weighted by atomic mass is 16.5. The number of methoxy groups -OCH3 is 1. The lowest BCUT2D eigenvalue weighted by Gasteiger charge is -2.07. The van der Waals surface area contributed by atoms with Crippen LogP contribution in [0.15, 0.2) is 30.5 Å². The number of rotatable bonds is 7. The Morgan fingerprint density at radius 2 is 2.26 bits per heavy atom. The Bertz CT molecular complexity index is 566. The molecule has 19 heavy (non-hydrogen) atoms. The van der Waals surface area contributed by atoms with E-state index in [1.165, 1.54) is 16.5 Å². The molecule has 0 saturated carbocycles. The second-order valence-electron chi connectivity index (χ2n) is 4.48. The van der Waals surface area contributed by atoms with Crippen LogP contribution in [0.3, 0.4) is 0 Å². The zero-order valence-corrected chi connectivity index (χ0v) is 11.4. The van der Waals surface area contributed by atoms with Crippen molar-refractivity contribution < 1.29 is 4.74 Å². The van der Waals surface area contributed by atoms with Gasteiger partial charge in [-0.1, -0.05) is 12.1 Å². The first-order valence-corrected chi connectivity index (χ1v) is 6.56. The molecule has 0 unspecified atom stereocenters. The number of aryl methyl sites for hydroxylation is 1. The molecule has 0 aliphatic heterocycles. The number of nitrogens with zero attached hydrogens (tertiary/aromatic N) is 1. The maximum Gasteiger partial charge on any atom is 0.0587 e. The van der Waals surface area contributed by atoms with E-state index in [1.54, 1.807) is 7.11 Å². The van der Waals surface area contributed by atoms with Gasteiger partial charge in [0, 0.05) is 50.3 Å². The summed E-state index contributed by atoms with van der Waals surface area (Å²) in [7, 11) is 1.72. The molecule has 100 valence electrons. The number of hydrogen-bond donors (Lipinski definition) is 1. The Morgan fingerprint density at radius 1 is 1.37 bits per heavy atom. The number of terminal acetylenes is 1. The van der Waals surface area contributed by atoms with Crippen LogP contribution >= 0.6 is 0 Å². The number of benzene rings is 1. The van der Waals surface area contributed by atoms with Gasteiger partial charge < -0.3 is 14.6 Å². The highest BCUT2D eigenvalue weighted by Crippen LogP contribution is 2.20. The van der Waals surface area contributed by atoms with E-state index in [2.05, 4.69) is 46.3 Å². The van der Waals surface area contributed by atoms with Gasteiger partial charge in [0.25, 0.3) is 0 Å². The summed E-state index contributed by atoms with van der Waals surface area (Å²) in [6.45, 7) is 3.34. The van der Waals surface area contributed by atoms with Crippen LogP contribution in [-0.2, 0) is 17.8 Å². The van der Waals surface area contributed by atoms with Crippen molar-refractivity contribution in [1.29, 1.82) is 0 Å². The predicted octanol–water partition coefficient (Wildman–Crippen LogP) is 2.40. The Labute approximate surface area is 114 Å². The summed E-state index contributed by atoms with van der Waals surface area (Å²) in [6.07, 6.45) is 8.20. The smallest absolute Gasteiger partial charge is 0.0587 e. The van der Waals surface area contributed by atoms with E-state index < -0.39 is 0 Å². The summed E-state index contributed by atoms with van der Waals surface area (Å²) in [5, 5.41) is 4.68. The minimum absolute atomic E-state index is 0.735. The first-order chi connectivity index (χ1) is 9.36. The third kappa shape index (κ3) is 3.37. The van der Waals surface area contributed by atoms with Crippen LogP contribution in [0.25, 0.3) is 10.9 Å². The maximum absolute atomic E-state index is 5.33. The second-order valence-corrected chi connectivity index (χ2v) is 4.48. The van der Waals surface area contributed by atoms with E-state index in [9.17, 15) is 0 Å². The molecule has 0 fully saturated rings. The second kappa shape index (κ2) is 6.98. The normalized spacial score (nSPS) is 10.7. The summed E-state index contributed by atoms with van der Waals surface area (Å²) in [4.78, 5) is 0. The molecule has 0 atom stereocenters. The fourth-order valence-corrected chi connectivity index (χ4v) is 2.22. The molecule has 1 N–H and O–H groups in total. The molecule has 1 heterocycles. The minimum atomic E-state index is 0.735. The average Bonchev–Trinajstić information content (AvgIpc) is 2.85. The number of hydrogen-bond acceptors (Lipinski definition) is 2. The van der Waals surface area contributed by atoms with Crippen LogP contribution in [0, 0.1) is 12.3 Å². The fourth-order valence-electron chi connectivity index (χ4n) is 2.22. The van der Waals surface area contributed by atoms with Crippen LogP contribution in [-0.4, -0.2) is 24.8 Å². The van der Waals surface area contributed by atoms with E-state index in [0.29, 0.717) is 0 Å². The van der Waals surface area contributed by atoms with Crippen LogP contribution < -0.4 is 5.32 Å². The van der Waals surface area contributed by atoms with Crippen molar-refractivity contribution in [2.75, 3.05) is 20.3 Å². The molecule has 3 nitrogen and oxygen atoms in total. The summed E-state index contributed by atoms with van der Waals surface area (Å²) in [5.41, 5.74) is 2.56. The van der Waals surface area contributed by atoms with Crippen molar-refractivity contribution in [3.8, 4) is 12.3 Å². The maximum atomic E-state index is 5.33. The zero-order valence-electron chi connectivity index (χ0n) is 11.4. The molecule has 0 radical (unpaired) electrons. The van der Waals surface area contributed by atoms with Crippen LogP contribution in [0.1, 0.15) is 12.0 Å². The van der Waals surface area contributed by atoms with Gasteiger partial charge in [-0.25, -0.2) is 0 Å². The van der Waals surface area contributed by atoms with Gasteiger partial charge in [-0.05, 0) is 17.7 Å². The van der Waals surface area contributed by atoms with Gasteiger partial charge in [0.2, 0.25) is 0 Å². The van der Waals surface area contributed by atoms with Crippen molar-refractivity contribution in [2.24, 2.45) is 0 Å². The molecule has 2 rings (SSSR count). The van der Waals surface area contributed by atoms with Crippen molar-refractivity contribution in [3.05, 3.63) is 36.0 Å².